The van der Waals surface area contributed by atoms with E-state index in [2.05, 4.69) is 25.7 Å². The summed E-state index contributed by atoms with van der Waals surface area (Å²) in [5.74, 6) is -0.903. The second-order valence-corrected chi connectivity index (χ2v) is 17.6. The molecule has 0 spiro atoms. The van der Waals surface area contributed by atoms with Gasteiger partial charge < -0.3 is 14.8 Å². The van der Waals surface area contributed by atoms with Crippen LogP contribution in [0.4, 0.5) is 0 Å². The van der Waals surface area contributed by atoms with Crippen LogP contribution in [-0.2, 0) is 4.79 Å². The molecule has 54 heavy (non-hydrogen) atoms. The summed E-state index contributed by atoms with van der Waals surface area (Å²) in [5, 5.41) is 11.3. The van der Waals surface area contributed by atoms with Crippen LogP contribution in [0.25, 0.3) is 0 Å². The summed E-state index contributed by atoms with van der Waals surface area (Å²) >= 11 is 0. The predicted molar refractivity (Wildman–Crippen MR) is 236 cm³/mol. The number of hydrogen-bond acceptors (Lipinski definition) is 3. The van der Waals surface area contributed by atoms with E-state index in [9.17, 15) is 9.90 Å². The number of unbranched alkanes of at least 4 members (excludes halogenated alkanes) is 40. The average molecular weight is 770 g/mol. The Hall–Kier alpha value is 0.430. The number of carboxylic acids is 1. The first kappa shape index (κ1) is 56.5. The van der Waals surface area contributed by atoms with E-state index in [1.54, 1.807) is 0 Å². The van der Waals surface area contributed by atoms with Gasteiger partial charge in [-0.3, -0.25) is 0 Å². The zero-order chi connectivity index (χ0) is 38.6. The summed E-state index contributed by atoms with van der Waals surface area (Å²) in [5.41, 5.74) is 0. The van der Waals surface area contributed by atoms with Crippen LogP contribution in [0.1, 0.15) is 297 Å². The summed E-state index contributed by atoms with van der Waals surface area (Å²) in [6.45, 7) is 8.78. The first-order chi connectivity index (χ1) is 26.1. The van der Waals surface area contributed by atoms with Gasteiger partial charge in [-0.25, -0.2) is 0 Å². The summed E-state index contributed by atoms with van der Waals surface area (Å²) in [7, 11) is 0. The Bertz CT molecular complexity index is 642. The van der Waals surface area contributed by atoms with Gasteiger partial charge in [0, 0.05) is 18.4 Å². The third-order valence-electron chi connectivity index (χ3n) is 12.2. The van der Waals surface area contributed by atoms with Gasteiger partial charge in [-0.2, -0.15) is 0 Å². The Morgan fingerprint density at radius 3 is 0.685 bits per heavy atom. The molecule has 0 bridgehead atoms. The molecule has 0 rings (SSSR count). The van der Waals surface area contributed by atoms with Crippen LogP contribution in [0.2, 0.25) is 0 Å². The fourth-order valence-corrected chi connectivity index (χ4v) is 8.42. The molecule has 3 nitrogen and oxygen atoms in total. The van der Waals surface area contributed by atoms with Crippen molar-refractivity contribution in [3.63, 3.8) is 0 Å². The predicted octanol–water partition coefficient (Wildman–Crippen LogP) is 13.2. The van der Waals surface area contributed by atoms with E-state index < -0.39 is 5.97 Å². The van der Waals surface area contributed by atoms with Crippen molar-refractivity contribution >= 4 is 5.97 Å². The zero-order valence-corrected chi connectivity index (χ0v) is 40.2. The van der Waals surface area contributed by atoms with Crippen LogP contribution in [0.15, 0.2) is 0 Å². The molecule has 0 amide bonds. The molecule has 4 heteroatoms. The van der Waals surface area contributed by atoms with Crippen molar-refractivity contribution in [1.82, 2.24) is 4.90 Å². The van der Waals surface area contributed by atoms with Crippen molar-refractivity contribution in [2.24, 2.45) is 0 Å². The molecule has 0 fully saturated rings. The Balaban J connectivity index is 0. The molecule has 1 atom stereocenters. The molecule has 0 saturated carbocycles. The van der Waals surface area contributed by atoms with Crippen molar-refractivity contribution < 1.29 is 39.5 Å². The van der Waals surface area contributed by atoms with Crippen molar-refractivity contribution in [3.05, 3.63) is 0 Å². The summed E-state index contributed by atoms with van der Waals surface area (Å²) < 4.78 is 0. The molecule has 0 aromatic rings. The molecule has 0 aromatic heterocycles. The Labute approximate surface area is 364 Å². The molecular weight excluding hydrogens is 670 g/mol. The number of carbonyl (C=O) groups excluding carboxylic acids is 1. The van der Waals surface area contributed by atoms with E-state index in [1.807, 2.05) is 0 Å². The van der Waals surface area contributed by atoms with E-state index in [1.165, 1.54) is 270 Å². The maximum atomic E-state index is 11.3. The van der Waals surface area contributed by atoms with Crippen LogP contribution in [0, 0.1) is 0 Å². The van der Waals surface area contributed by atoms with Crippen molar-refractivity contribution in [1.29, 1.82) is 0 Å². The second kappa shape index (κ2) is 49.6. The van der Waals surface area contributed by atoms with E-state index in [0.717, 1.165) is 13.1 Å². The van der Waals surface area contributed by atoms with Gasteiger partial charge in [0.1, 0.15) is 0 Å². The Morgan fingerprint density at radius 2 is 0.519 bits per heavy atom. The maximum Gasteiger partial charge on any atom is 1.00 e. The fourth-order valence-electron chi connectivity index (χ4n) is 8.42. The van der Waals surface area contributed by atoms with Gasteiger partial charge >= 0.3 is 29.6 Å². The first-order valence-corrected chi connectivity index (χ1v) is 25.1. The molecule has 0 N–H and O–H groups in total. The second-order valence-electron chi connectivity index (χ2n) is 17.6. The largest absolute Gasteiger partial charge is 1.00 e. The molecule has 0 radical (unpaired) electrons. The van der Waals surface area contributed by atoms with Crippen LogP contribution in [-0.4, -0.2) is 30.0 Å². The van der Waals surface area contributed by atoms with Crippen LogP contribution in [0.5, 0.6) is 0 Å². The summed E-state index contributed by atoms with van der Waals surface area (Å²) in [4.78, 5) is 13.8. The average Bonchev–Trinajstić information content (AvgIpc) is 3.14. The van der Waals surface area contributed by atoms with Gasteiger partial charge in [-0.05, 0) is 32.9 Å². The van der Waals surface area contributed by atoms with Crippen molar-refractivity contribution in [2.75, 3.05) is 13.1 Å². The molecule has 0 saturated heterocycles. The van der Waals surface area contributed by atoms with Gasteiger partial charge in [-0.1, -0.05) is 271 Å². The smallest absolute Gasteiger partial charge is 0.550 e. The molecule has 0 aliphatic rings. The third kappa shape index (κ3) is 46.8. The number of nitrogens with zero attached hydrogens (tertiary/aromatic N) is 1. The summed E-state index contributed by atoms with van der Waals surface area (Å²) in [6.07, 6.45) is 59.5. The molecule has 0 aliphatic heterocycles. The van der Waals surface area contributed by atoms with Gasteiger partial charge in [0.05, 0.1) is 0 Å². The maximum absolute atomic E-state index is 11.3. The molecule has 1 unspecified atom stereocenters. The van der Waals surface area contributed by atoms with Crippen LogP contribution in [0.3, 0.4) is 0 Å². The normalized spacial score (nSPS) is 12.1. The topological polar surface area (TPSA) is 43.4 Å². The fraction of sp³-hybridized carbons (Fsp3) is 0.980. The number of hydrogen-bond donors (Lipinski definition) is 0. The summed E-state index contributed by atoms with van der Waals surface area (Å²) in [6, 6.07) is 0.0928. The van der Waals surface area contributed by atoms with Crippen molar-refractivity contribution in [2.45, 2.75) is 303 Å². The van der Waals surface area contributed by atoms with E-state index in [-0.39, 0.29) is 42.0 Å². The van der Waals surface area contributed by atoms with E-state index >= 15 is 0 Å². The number of aliphatic carboxylic acids is 1. The first-order valence-electron chi connectivity index (χ1n) is 25.1. The van der Waals surface area contributed by atoms with E-state index in [0.29, 0.717) is 0 Å². The Morgan fingerprint density at radius 1 is 0.352 bits per heavy atom. The van der Waals surface area contributed by atoms with Crippen LogP contribution < -0.4 is 34.7 Å². The van der Waals surface area contributed by atoms with Gasteiger partial charge in [0.15, 0.2) is 0 Å². The van der Waals surface area contributed by atoms with Crippen molar-refractivity contribution in [3.8, 4) is 0 Å². The quantitative estimate of drug-likeness (QED) is 0.0457. The minimum Gasteiger partial charge on any atom is -0.550 e. The van der Waals surface area contributed by atoms with E-state index in [4.69, 9.17) is 0 Å². The zero-order valence-electron chi connectivity index (χ0n) is 38.2. The Kier molecular flexibility index (Phi) is 51.9. The molecule has 0 heterocycles. The number of carbonyl (C=O) groups is 1. The van der Waals surface area contributed by atoms with Gasteiger partial charge in [-0.15, -0.1) is 0 Å². The van der Waals surface area contributed by atoms with Crippen LogP contribution >= 0.6 is 0 Å². The number of carboxylic acid groups (broad SMARTS) is 1. The minimum absolute atomic E-state index is 0. The standard InChI is InChI=1S/C50H101NO2.Na/c1-4-6-8-10-12-14-16-18-20-22-24-26-28-30-32-34-36-38-40-42-44-46-51(49(3)48-50(52)53)47-45-43-41-39-37-35-33-31-29-27-25-23-21-19-17-15-13-11-9-7-5-2;/h49H,4-48H2,1-3H3,(H,52,53);/q;+1/p-1. The minimum atomic E-state index is -0.903. The third-order valence-corrected chi connectivity index (χ3v) is 12.2. The monoisotopic (exact) mass is 770 g/mol. The molecular formula is C50H100NNaO2. The molecule has 318 valence electrons. The van der Waals surface area contributed by atoms with Gasteiger partial charge in [0.2, 0.25) is 0 Å². The SMILES string of the molecule is CCCCCCCCCCCCCCCCCCCCCCCN(CCCCCCCCCCCCCCCCCCCCCCC)C(C)CC(=O)[O-].[Na+]. The molecule has 0 aliphatic carbocycles. The number of rotatable bonds is 47. The molecule has 0 aromatic carbocycles. The van der Waals surface area contributed by atoms with Gasteiger partial charge in [0.25, 0.3) is 0 Å².